The van der Waals surface area contributed by atoms with Crippen LogP contribution in [0.2, 0.25) is 0 Å². The van der Waals surface area contributed by atoms with Crippen LogP contribution in [0, 0.1) is 0 Å². The van der Waals surface area contributed by atoms with E-state index in [9.17, 15) is 9.59 Å². The molecule has 130 valence electrons. The zero-order valence-corrected chi connectivity index (χ0v) is 14.6. The van der Waals surface area contributed by atoms with E-state index in [4.69, 9.17) is 0 Å². The molecule has 5 heteroatoms. The van der Waals surface area contributed by atoms with Crippen LogP contribution in [0.15, 0.2) is 60.7 Å². The Bertz CT molecular complexity index is 733. The van der Waals surface area contributed by atoms with Crippen molar-refractivity contribution in [3.63, 3.8) is 0 Å². The van der Waals surface area contributed by atoms with Gasteiger partial charge in [0.1, 0.15) is 6.17 Å². The number of carbonyl (C=O) groups is 2. The number of likely N-dealkylation sites (N-methyl/N-ethyl adjacent to an activating group) is 1. The second kappa shape index (κ2) is 7.49. The van der Waals surface area contributed by atoms with Crippen LogP contribution in [0.25, 0.3) is 0 Å². The Morgan fingerprint density at radius 2 is 1.72 bits per heavy atom. The number of rotatable bonds is 5. The van der Waals surface area contributed by atoms with E-state index < -0.39 is 0 Å². The molecule has 3 rings (SSSR count). The molecule has 1 fully saturated rings. The summed E-state index contributed by atoms with van der Waals surface area (Å²) in [6, 6.07) is 19.6. The van der Waals surface area contributed by atoms with Crippen LogP contribution in [0.3, 0.4) is 0 Å². The molecular formula is C20H23N3O2. The van der Waals surface area contributed by atoms with Gasteiger partial charge in [-0.2, -0.15) is 0 Å². The van der Waals surface area contributed by atoms with E-state index >= 15 is 0 Å². The van der Waals surface area contributed by atoms with Crippen LogP contribution in [0.1, 0.15) is 30.3 Å². The van der Waals surface area contributed by atoms with Crippen LogP contribution >= 0.6 is 0 Å². The highest BCUT2D eigenvalue weighted by Gasteiger charge is 2.37. The lowest BCUT2D eigenvalue weighted by atomic mass is 10.1. The smallest absolute Gasteiger partial charge is 0.238 e. The molecule has 2 aromatic carbocycles. The summed E-state index contributed by atoms with van der Waals surface area (Å²) in [5.74, 6) is -0.0573. The highest BCUT2D eigenvalue weighted by molar-refractivity contribution is 5.83. The summed E-state index contributed by atoms with van der Waals surface area (Å²) in [5, 5.41) is 3.01. The molecule has 0 spiro atoms. The molecule has 1 aliphatic heterocycles. The molecule has 1 saturated heterocycles. The second-order valence-corrected chi connectivity index (χ2v) is 6.39. The first-order valence-electron chi connectivity index (χ1n) is 8.45. The van der Waals surface area contributed by atoms with Crippen molar-refractivity contribution in [2.24, 2.45) is 0 Å². The molecule has 1 aliphatic rings. The van der Waals surface area contributed by atoms with Crippen LogP contribution in [0.5, 0.6) is 0 Å². The van der Waals surface area contributed by atoms with Gasteiger partial charge in [0.25, 0.3) is 0 Å². The highest BCUT2D eigenvalue weighted by Crippen LogP contribution is 2.28. The third kappa shape index (κ3) is 3.88. The molecule has 0 aromatic heterocycles. The molecule has 25 heavy (non-hydrogen) atoms. The zero-order valence-electron chi connectivity index (χ0n) is 14.6. The van der Waals surface area contributed by atoms with Crippen molar-refractivity contribution in [1.29, 1.82) is 0 Å². The topological polar surface area (TPSA) is 52.7 Å². The number of hydrogen-bond acceptors (Lipinski definition) is 3. The predicted molar refractivity (Wildman–Crippen MR) is 96.5 cm³/mol. The lowest BCUT2D eigenvalue weighted by Gasteiger charge is -2.28. The fourth-order valence-corrected chi connectivity index (χ4v) is 3.25. The van der Waals surface area contributed by atoms with E-state index in [-0.39, 0.29) is 37.1 Å². The predicted octanol–water partition coefficient (Wildman–Crippen LogP) is 2.34. The lowest BCUT2D eigenvalue weighted by Crippen LogP contribution is -2.39. The molecule has 2 atom stereocenters. The maximum absolute atomic E-state index is 12.5. The minimum Gasteiger partial charge on any atom is -0.348 e. The molecule has 2 aromatic rings. The molecule has 0 unspecified atom stereocenters. The zero-order chi connectivity index (χ0) is 17.8. The molecule has 0 bridgehead atoms. The average molecular weight is 337 g/mol. The summed E-state index contributed by atoms with van der Waals surface area (Å²) in [6.07, 6.45) is -0.202. The van der Waals surface area contributed by atoms with Gasteiger partial charge in [-0.1, -0.05) is 60.7 Å². The van der Waals surface area contributed by atoms with Crippen LogP contribution in [-0.4, -0.2) is 41.8 Å². The highest BCUT2D eigenvalue weighted by atomic mass is 16.2. The number of carbonyl (C=O) groups excluding carboxylic acids is 2. The number of nitrogens with one attached hydrogen (secondary N) is 1. The van der Waals surface area contributed by atoms with Crippen LogP contribution in [0.4, 0.5) is 0 Å². The van der Waals surface area contributed by atoms with Gasteiger partial charge < -0.3 is 10.2 Å². The number of amides is 2. The van der Waals surface area contributed by atoms with E-state index in [0.717, 1.165) is 11.1 Å². The summed E-state index contributed by atoms with van der Waals surface area (Å²) < 4.78 is 0. The summed E-state index contributed by atoms with van der Waals surface area (Å²) in [4.78, 5) is 28.2. The fourth-order valence-electron chi connectivity index (χ4n) is 3.25. The third-order valence-electron chi connectivity index (χ3n) is 4.57. The first-order valence-corrected chi connectivity index (χ1v) is 8.45. The molecule has 5 nitrogen and oxygen atoms in total. The third-order valence-corrected chi connectivity index (χ3v) is 4.57. The SMILES string of the molecule is C[C@H](NC(=O)CN1CC(=O)N(C)[C@H]1c1ccccc1)c1ccccc1. The number of benzene rings is 2. The lowest BCUT2D eigenvalue weighted by molar-refractivity contribution is -0.126. The van der Waals surface area contributed by atoms with Crippen molar-refractivity contribution in [2.75, 3.05) is 20.1 Å². The summed E-state index contributed by atoms with van der Waals surface area (Å²) in [7, 11) is 1.78. The van der Waals surface area contributed by atoms with E-state index in [1.54, 1.807) is 11.9 Å². The largest absolute Gasteiger partial charge is 0.348 e. The van der Waals surface area contributed by atoms with E-state index in [2.05, 4.69) is 5.32 Å². The Labute approximate surface area is 148 Å². The first kappa shape index (κ1) is 17.2. The minimum atomic E-state index is -0.202. The normalized spacial score (nSPS) is 19.0. The van der Waals surface area contributed by atoms with Gasteiger partial charge in [-0.3, -0.25) is 14.5 Å². The van der Waals surface area contributed by atoms with Crippen molar-refractivity contribution in [2.45, 2.75) is 19.1 Å². The van der Waals surface area contributed by atoms with Gasteiger partial charge in [-0.15, -0.1) is 0 Å². The fraction of sp³-hybridized carbons (Fsp3) is 0.300. The standard InChI is InChI=1S/C20H23N3O2/c1-15(16-9-5-3-6-10-16)21-18(24)13-23-14-19(25)22(2)20(23)17-11-7-4-8-12-17/h3-12,15,20H,13-14H2,1-2H3,(H,21,24)/t15-,20+/m0/s1. The molecule has 1 N–H and O–H groups in total. The monoisotopic (exact) mass is 337 g/mol. The Balaban J connectivity index is 1.68. The Hall–Kier alpha value is -2.66. The first-order chi connectivity index (χ1) is 12.1. The van der Waals surface area contributed by atoms with Gasteiger partial charge in [-0.05, 0) is 18.1 Å². The summed E-state index contributed by atoms with van der Waals surface area (Å²) in [6.45, 7) is 2.40. The molecule has 0 saturated carbocycles. The van der Waals surface area contributed by atoms with Gasteiger partial charge in [-0.25, -0.2) is 0 Å². The van der Waals surface area contributed by atoms with E-state index in [1.165, 1.54) is 0 Å². The van der Waals surface area contributed by atoms with Crippen molar-refractivity contribution in [1.82, 2.24) is 15.1 Å². The van der Waals surface area contributed by atoms with Crippen LogP contribution in [-0.2, 0) is 9.59 Å². The maximum atomic E-state index is 12.5. The van der Waals surface area contributed by atoms with Crippen molar-refractivity contribution in [3.05, 3.63) is 71.8 Å². The van der Waals surface area contributed by atoms with Crippen LogP contribution < -0.4 is 5.32 Å². The van der Waals surface area contributed by atoms with Gasteiger partial charge in [0.05, 0.1) is 19.1 Å². The second-order valence-electron chi connectivity index (χ2n) is 6.39. The van der Waals surface area contributed by atoms with Crippen molar-refractivity contribution in [3.8, 4) is 0 Å². The quantitative estimate of drug-likeness (QED) is 0.911. The molecule has 0 radical (unpaired) electrons. The van der Waals surface area contributed by atoms with Crippen molar-refractivity contribution < 1.29 is 9.59 Å². The van der Waals surface area contributed by atoms with Gasteiger partial charge >= 0.3 is 0 Å². The molecule has 2 amide bonds. The Morgan fingerprint density at radius 3 is 2.36 bits per heavy atom. The van der Waals surface area contributed by atoms with Gasteiger partial charge in [0.2, 0.25) is 11.8 Å². The Kier molecular flexibility index (Phi) is 5.14. The number of nitrogens with zero attached hydrogens (tertiary/aromatic N) is 2. The van der Waals surface area contributed by atoms with Gasteiger partial charge in [0.15, 0.2) is 0 Å². The molecular weight excluding hydrogens is 314 g/mol. The average Bonchev–Trinajstić information content (AvgIpc) is 2.90. The minimum absolute atomic E-state index is 0.0257. The van der Waals surface area contributed by atoms with Crippen molar-refractivity contribution >= 4 is 11.8 Å². The summed E-state index contributed by atoms with van der Waals surface area (Å²) >= 11 is 0. The maximum Gasteiger partial charge on any atom is 0.238 e. The van der Waals surface area contributed by atoms with E-state index in [1.807, 2.05) is 72.5 Å². The van der Waals surface area contributed by atoms with Gasteiger partial charge in [0, 0.05) is 7.05 Å². The molecule has 0 aliphatic carbocycles. The molecule has 1 heterocycles. The number of hydrogen-bond donors (Lipinski definition) is 1. The van der Waals surface area contributed by atoms with E-state index in [0.29, 0.717) is 0 Å². The summed E-state index contributed by atoms with van der Waals surface area (Å²) in [5.41, 5.74) is 2.07. The Morgan fingerprint density at radius 1 is 1.12 bits per heavy atom.